The van der Waals surface area contributed by atoms with E-state index in [2.05, 4.69) is 24.3 Å². The fraction of sp³-hybridized carbons (Fsp3) is 0.417. The summed E-state index contributed by atoms with van der Waals surface area (Å²) in [5.74, 6) is 0.338. The number of nitrogens with zero attached hydrogens (tertiary/aromatic N) is 1. The van der Waals surface area contributed by atoms with Crippen LogP contribution in [0, 0.1) is 0 Å². The molecule has 2 nitrogen and oxygen atoms in total. The molecule has 1 atom stereocenters. The Morgan fingerprint density at radius 2 is 2.00 bits per heavy atom. The third-order valence-corrected chi connectivity index (χ3v) is 3.37. The summed E-state index contributed by atoms with van der Waals surface area (Å²) in [6, 6.07) is 8.95. The van der Waals surface area contributed by atoms with Crippen molar-refractivity contribution < 1.29 is 4.79 Å². The fourth-order valence-electron chi connectivity index (χ4n) is 2.57. The molecule has 0 aliphatic carbocycles. The minimum absolute atomic E-state index is 0.338. The first-order chi connectivity index (χ1) is 6.84. The highest BCUT2D eigenvalue weighted by Gasteiger charge is 2.34. The minimum atomic E-state index is 0.338. The van der Waals surface area contributed by atoms with E-state index in [-0.39, 0.29) is 0 Å². The van der Waals surface area contributed by atoms with Gasteiger partial charge in [0.05, 0.1) is 0 Å². The Kier molecular flexibility index (Phi) is 1.63. The summed E-state index contributed by atoms with van der Waals surface area (Å²) in [6.45, 7) is 0.833. The van der Waals surface area contributed by atoms with E-state index in [1.54, 1.807) is 0 Å². The molecular weight excluding hydrogens is 174 g/mol. The van der Waals surface area contributed by atoms with Crippen molar-refractivity contribution in [3.8, 4) is 0 Å². The van der Waals surface area contributed by atoms with Crippen LogP contribution in [0.4, 0.5) is 0 Å². The smallest absolute Gasteiger partial charge is 0.223 e. The molecule has 0 radical (unpaired) electrons. The van der Waals surface area contributed by atoms with Crippen LogP contribution in [0.25, 0.3) is 0 Å². The van der Waals surface area contributed by atoms with Crippen LogP contribution in [-0.4, -0.2) is 16.8 Å². The summed E-state index contributed by atoms with van der Waals surface area (Å²) >= 11 is 0. The number of benzene rings is 1. The second-order valence-electron chi connectivity index (χ2n) is 4.19. The van der Waals surface area contributed by atoms with E-state index in [0.29, 0.717) is 11.9 Å². The summed E-state index contributed by atoms with van der Waals surface area (Å²) < 4.78 is 0. The number of fused-ring (bicyclic) bond motifs is 2. The Morgan fingerprint density at radius 3 is 2.86 bits per heavy atom. The second kappa shape index (κ2) is 2.84. The zero-order valence-corrected chi connectivity index (χ0v) is 8.07. The van der Waals surface area contributed by atoms with Crippen LogP contribution in [0.5, 0.6) is 0 Å². The molecule has 14 heavy (non-hydrogen) atoms. The molecule has 0 saturated carbocycles. The van der Waals surface area contributed by atoms with E-state index in [4.69, 9.17) is 0 Å². The summed E-state index contributed by atoms with van der Waals surface area (Å²) in [6.07, 6.45) is 2.85. The van der Waals surface area contributed by atoms with Crippen LogP contribution in [0.2, 0.25) is 0 Å². The first kappa shape index (κ1) is 8.04. The van der Waals surface area contributed by atoms with Crippen molar-refractivity contribution in [3.63, 3.8) is 0 Å². The van der Waals surface area contributed by atoms with E-state index in [0.717, 1.165) is 25.8 Å². The summed E-state index contributed by atoms with van der Waals surface area (Å²) in [7, 11) is 0. The Morgan fingerprint density at radius 1 is 1.21 bits per heavy atom. The normalized spacial score (nSPS) is 24.7. The molecule has 0 spiro atoms. The van der Waals surface area contributed by atoms with Crippen molar-refractivity contribution in [2.45, 2.75) is 31.8 Å². The van der Waals surface area contributed by atoms with Crippen LogP contribution >= 0.6 is 0 Å². The number of amides is 1. The van der Waals surface area contributed by atoms with Crippen molar-refractivity contribution in [2.24, 2.45) is 0 Å². The maximum atomic E-state index is 11.5. The topological polar surface area (TPSA) is 20.3 Å². The van der Waals surface area contributed by atoms with Crippen LogP contribution in [-0.2, 0) is 17.8 Å². The molecule has 2 heteroatoms. The molecule has 1 aromatic carbocycles. The predicted octanol–water partition coefficient (Wildman–Crippen LogP) is 1.73. The van der Waals surface area contributed by atoms with Gasteiger partial charge in [0.1, 0.15) is 0 Å². The molecule has 2 aliphatic heterocycles. The number of hydrogen-bond acceptors (Lipinski definition) is 1. The lowest BCUT2D eigenvalue weighted by Crippen LogP contribution is -2.37. The van der Waals surface area contributed by atoms with Crippen molar-refractivity contribution in [1.29, 1.82) is 0 Å². The van der Waals surface area contributed by atoms with Gasteiger partial charge in [0.25, 0.3) is 0 Å². The quantitative estimate of drug-likeness (QED) is 0.605. The third kappa shape index (κ3) is 1.07. The highest BCUT2D eigenvalue weighted by molar-refractivity contribution is 5.79. The predicted molar refractivity (Wildman–Crippen MR) is 53.7 cm³/mol. The summed E-state index contributed by atoms with van der Waals surface area (Å²) in [5.41, 5.74) is 2.77. The molecular formula is C12H13NO. The van der Waals surface area contributed by atoms with Crippen molar-refractivity contribution in [1.82, 2.24) is 4.90 Å². The minimum Gasteiger partial charge on any atom is -0.335 e. The lowest BCUT2D eigenvalue weighted by molar-refractivity contribution is -0.129. The monoisotopic (exact) mass is 187 g/mol. The van der Waals surface area contributed by atoms with E-state index in [9.17, 15) is 4.79 Å². The van der Waals surface area contributed by atoms with Crippen molar-refractivity contribution in [3.05, 3.63) is 35.4 Å². The number of rotatable bonds is 0. The molecule has 0 aromatic heterocycles. The Labute approximate surface area is 83.5 Å². The Hall–Kier alpha value is -1.31. The van der Waals surface area contributed by atoms with Crippen molar-refractivity contribution in [2.75, 3.05) is 0 Å². The van der Waals surface area contributed by atoms with Gasteiger partial charge in [0, 0.05) is 19.0 Å². The molecule has 3 rings (SSSR count). The van der Waals surface area contributed by atoms with Crippen molar-refractivity contribution >= 4 is 5.91 Å². The van der Waals surface area contributed by atoms with Crippen LogP contribution < -0.4 is 0 Å². The van der Waals surface area contributed by atoms with Gasteiger partial charge in [0.15, 0.2) is 0 Å². The van der Waals surface area contributed by atoms with Crippen LogP contribution in [0.15, 0.2) is 24.3 Å². The molecule has 1 amide bonds. The van der Waals surface area contributed by atoms with Crippen LogP contribution in [0.3, 0.4) is 0 Å². The zero-order chi connectivity index (χ0) is 9.54. The molecule has 2 heterocycles. The van der Waals surface area contributed by atoms with Gasteiger partial charge in [-0.2, -0.15) is 0 Å². The van der Waals surface area contributed by atoms with Gasteiger partial charge < -0.3 is 4.90 Å². The standard InChI is InChI=1S/C12H13NO/c14-12-6-5-11-7-9-3-1-2-4-10(9)8-13(11)12/h1-4,11H,5-8H2/t11-/m1/s1. The second-order valence-corrected chi connectivity index (χ2v) is 4.19. The van der Waals surface area contributed by atoms with Gasteiger partial charge in [-0.3, -0.25) is 4.79 Å². The lowest BCUT2D eigenvalue weighted by Gasteiger charge is -2.31. The molecule has 0 N–H and O–H groups in total. The number of hydrogen-bond donors (Lipinski definition) is 0. The van der Waals surface area contributed by atoms with Gasteiger partial charge in [-0.1, -0.05) is 24.3 Å². The molecule has 72 valence electrons. The van der Waals surface area contributed by atoms with E-state index in [1.807, 2.05) is 4.90 Å². The first-order valence-corrected chi connectivity index (χ1v) is 5.21. The highest BCUT2D eigenvalue weighted by atomic mass is 16.2. The number of carbonyl (C=O) groups is 1. The van der Waals surface area contributed by atoms with E-state index >= 15 is 0 Å². The first-order valence-electron chi connectivity index (χ1n) is 5.21. The average Bonchev–Trinajstić information content (AvgIpc) is 2.57. The van der Waals surface area contributed by atoms with Gasteiger partial charge in [-0.25, -0.2) is 0 Å². The van der Waals surface area contributed by atoms with Gasteiger partial charge in [-0.15, -0.1) is 0 Å². The Balaban J connectivity index is 1.99. The fourth-order valence-corrected chi connectivity index (χ4v) is 2.57. The maximum absolute atomic E-state index is 11.5. The average molecular weight is 187 g/mol. The van der Waals surface area contributed by atoms with E-state index in [1.165, 1.54) is 11.1 Å². The van der Waals surface area contributed by atoms with E-state index < -0.39 is 0 Å². The van der Waals surface area contributed by atoms with Gasteiger partial charge in [-0.05, 0) is 24.0 Å². The molecule has 1 fully saturated rings. The van der Waals surface area contributed by atoms with Gasteiger partial charge >= 0.3 is 0 Å². The zero-order valence-electron chi connectivity index (χ0n) is 8.07. The summed E-state index contributed by atoms with van der Waals surface area (Å²) in [5, 5.41) is 0. The Bertz CT molecular complexity index is 386. The van der Waals surface area contributed by atoms with Crippen LogP contribution in [0.1, 0.15) is 24.0 Å². The SMILES string of the molecule is O=C1CC[C@@H]2Cc3ccccc3CN12. The lowest BCUT2D eigenvalue weighted by atomic mass is 9.95. The largest absolute Gasteiger partial charge is 0.335 e. The molecule has 1 aromatic rings. The molecule has 0 bridgehead atoms. The summed E-state index contributed by atoms with van der Waals surface area (Å²) in [4.78, 5) is 13.6. The van der Waals surface area contributed by atoms with Gasteiger partial charge in [0.2, 0.25) is 5.91 Å². The molecule has 2 aliphatic rings. The number of carbonyl (C=O) groups excluding carboxylic acids is 1. The molecule has 1 saturated heterocycles. The third-order valence-electron chi connectivity index (χ3n) is 3.37. The highest BCUT2D eigenvalue weighted by Crippen LogP contribution is 2.30. The molecule has 0 unspecified atom stereocenters. The maximum Gasteiger partial charge on any atom is 0.223 e.